The van der Waals surface area contributed by atoms with E-state index in [-0.39, 0.29) is 24.0 Å². The number of halogens is 1. The van der Waals surface area contributed by atoms with E-state index in [9.17, 15) is 5.11 Å². The van der Waals surface area contributed by atoms with Gasteiger partial charge in [0, 0.05) is 11.3 Å². The average Bonchev–Trinajstić information content (AvgIpc) is 2.57. The number of aliphatic imine (C=N–C) groups is 1. The number of nitrogens with zero attached hydrogens (tertiary/aromatic N) is 1. The van der Waals surface area contributed by atoms with Gasteiger partial charge >= 0.3 is 0 Å². The van der Waals surface area contributed by atoms with Crippen molar-refractivity contribution in [2.24, 2.45) is 10.7 Å². The molecule has 0 saturated carbocycles. The van der Waals surface area contributed by atoms with Crippen molar-refractivity contribution in [2.75, 3.05) is 5.32 Å². The molecular weight excluding hydrogens is 425 g/mol. The summed E-state index contributed by atoms with van der Waals surface area (Å²) in [4.78, 5) is 4.43. The zero-order valence-electron chi connectivity index (χ0n) is 14.8. The van der Waals surface area contributed by atoms with Crippen LogP contribution >= 0.6 is 24.0 Å². The number of nitrogens with two attached hydrogens (primary N) is 1. The highest BCUT2D eigenvalue weighted by molar-refractivity contribution is 14.0. The van der Waals surface area contributed by atoms with Crippen molar-refractivity contribution >= 4 is 35.6 Å². The smallest absolute Gasteiger partial charge is 0.193 e. The molecule has 1 aliphatic carbocycles. The number of benzene rings is 2. The van der Waals surface area contributed by atoms with Crippen LogP contribution in [0, 0.1) is 13.8 Å². The molecular formula is C20H26IN3O. The second kappa shape index (κ2) is 8.56. The molecule has 0 saturated heterocycles. The first-order valence-electron chi connectivity index (χ1n) is 8.51. The Hall–Kier alpha value is -1.76. The van der Waals surface area contributed by atoms with E-state index in [2.05, 4.69) is 36.3 Å². The van der Waals surface area contributed by atoms with E-state index in [1.54, 1.807) is 6.07 Å². The molecule has 0 bridgehead atoms. The van der Waals surface area contributed by atoms with Gasteiger partial charge in [0.1, 0.15) is 5.75 Å². The lowest BCUT2D eigenvalue weighted by atomic mass is 9.88. The third-order valence-corrected chi connectivity index (χ3v) is 4.81. The molecule has 0 unspecified atom stereocenters. The Labute approximate surface area is 166 Å². The van der Waals surface area contributed by atoms with Crippen LogP contribution in [0.1, 0.15) is 40.7 Å². The van der Waals surface area contributed by atoms with E-state index >= 15 is 0 Å². The Morgan fingerprint density at radius 1 is 1.12 bits per heavy atom. The monoisotopic (exact) mass is 451 g/mol. The van der Waals surface area contributed by atoms with Crippen LogP contribution < -0.4 is 11.1 Å². The molecule has 4 N–H and O–H groups in total. The summed E-state index contributed by atoms with van der Waals surface area (Å²) in [6.45, 7) is 4.55. The van der Waals surface area contributed by atoms with Crippen LogP contribution in [0.4, 0.5) is 5.69 Å². The van der Waals surface area contributed by atoms with Gasteiger partial charge < -0.3 is 16.2 Å². The Bertz CT molecular complexity index is 787. The SMILES string of the molecule is Cc1ccc(NC(N)=NCc2c(O)ccc3c2CCCC3)cc1C.I. The molecule has 2 aromatic carbocycles. The molecule has 0 radical (unpaired) electrons. The maximum atomic E-state index is 10.2. The number of phenolic OH excluding ortho intramolecular Hbond substituents is 1. The van der Waals surface area contributed by atoms with Crippen LogP contribution in [0.3, 0.4) is 0 Å². The fourth-order valence-corrected chi connectivity index (χ4v) is 3.24. The van der Waals surface area contributed by atoms with Crippen molar-refractivity contribution in [1.82, 2.24) is 0 Å². The lowest BCUT2D eigenvalue weighted by molar-refractivity contribution is 0.465. The summed E-state index contributed by atoms with van der Waals surface area (Å²) >= 11 is 0. The molecule has 5 heteroatoms. The quantitative estimate of drug-likeness (QED) is 0.367. The second-order valence-electron chi connectivity index (χ2n) is 6.53. The maximum Gasteiger partial charge on any atom is 0.193 e. The molecule has 25 heavy (non-hydrogen) atoms. The molecule has 0 amide bonds. The van der Waals surface area contributed by atoms with Crippen LogP contribution in [0.5, 0.6) is 5.75 Å². The highest BCUT2D eigenvalue weighted by atomic mass is 127. The summed E-state index contributed by atoms with van der Waals surface area (Å²) in [6, 6.07) is 9.92. The topological polar surface area (TPSA) is 70.6 Å². The third-order valence-electron chi connectivity index (χ3n) is 4.81. The van der Waals surface area contributed by atoms with Gasteiger partial charge in [-0.05, 0) is 80.0 Å². The highest BCUT2D eigenvalue weighted by Crippen LogP contribution is 2.31. The summed E-state index contributed by atoms with van der Waals surface area (Å²) in [6.07, 6.45) is 4.49. The van der Waals surface area contributed by atoms with E-state index in [0.717, 1.165) is 24.1 Å². The lowest BCUT2D eigenvalue weighted by Gasteiger charge is -2.19. The van der Waals surface area contributed by atoms with Crippen LogP contribution in [0.2, 0.25) is 0 Å². The largest absolute Gasteiger partial charge is 0.508 e. The average molecular weight is 451 g/mol. The molecule has 4 nitrogen and oxygen atoms in total. The first kappa shape index (κ1) is 19.6. The van der Waals surface area contributed by atoms with Crippen molar-refractivity contribution in [3.63, 3.8) is 0 Å². The molecule has 0 fully saturated rings. The molecule has 0 atom stereocenters. The number of anilines is 1. The Morgan fingerprint density at radius 2 is 1.88 bits per heavy atom. The number of hydrogen-bond donors (Lipinski definition) is 3. The Kier molecular flexibility index (Phi) is 6.70. The summed E-state index contributed by atoms with van der Waals surface area (Å²) in [5.74, 6) is 0.685. The molecule has 0 heterocycles. The van der Waals surface area contributed by atoms with Crippen molar-refractivity contribution in [3.8, 4) is 5.75 Å². The molecule has 3 rings (SSSR count). The van der Waals surface area contributed by atoms with E-state index in [0.29, 0.717) is 18.3 Å². The van der Waals surface area contributed by atoms with Crippen molar-refractivity contribution in [2.45, 2.75) is 46.1 Å². The molecule has 0 spiro atoms. The van der Waals surface area contributed by atoms with Crippen LogP contribution in [0.25, 0.3) is 0 Å². The minimum atomic E-state index is 0. The number of phenols is 1. The number of guanidine groups is 1. The first-order valence-corrected chi connectivity index (χ1v) is 8.51. The van der Waals surface area contributed by atoms with Gasteiger partial charge in [-0.2, -0.15) is 0 Å². The van der Waals surface area contributed by atoms with Gasteiger partial charge in [-0.3, -0.25) is 0 Å². The summed E-state index contributed by atoms with van der Waals surface area (Å²) in [5, 5.41) is 13.3. The van der Waals surface area contributed by atoms with Gasteiger partial charge in [0.15, 0.2) is 5.96 Å². The maximum absolute atomic E-state index is 10.2. The van der Waals surface area contributed by atoms with E-state index < -0.39 is 0 Å². The molecule has 0 aromatic heterocycles. The van der Waals surface area contributed by atoms with Gasteiger partial charge in [0.05, 0.1) is 6.54 Å². The Morgan fingerprint density at radius 3 is 2.64 bits per heavy atom. The normalized spacial score (nSPS) is 13.8. The molecule has 2 aromatic rings. The van der Waals surface area contributed by atoms with Crippen molar-refractivity contribution in [1.29, 1.82) is 0 Å². The van der Waals surface area contributed by atoms with E-state index in [1.165, 1.54) is 35.1 Å². The van der Waals surface area contributed by atoms with Gasteiger partial charge in [-0.25, -0.2) is 4.99 Å². The van der Waals surface area contributed by atoms with Crippen LogP contribution in [0.15, 0.2) is 35.3 Å². The summed E-state index contributed by atoms with van der Waals surface area (Å²) in [7, 11) is 0. The number of fused-ring (bicyclic) bond motifs is 1. The third kappa shape index (κ3) is 4.66. The zero-order valence-corrected chi connectivity index (χ0v) is 17.1. The minimum absolute atomic E-state index is 0. The minimum Gasteiger partial charge on any atom is -0.508 e. The fraction of sp³-hybridized carbons (Fsp3) is 0.350. The number of nitrogens with one attached hydrogen (secondary N) is 1. The molecule has 134 valence electrons. The number of hydrogen-bond acceptors (Lipinski definition) is 2. The van der Waals surface area contributed by atoms with Crippen molar-refractivity contribution in [3.05, 3.63) is 58.1 Å². The number of aryl methyl sites for hydroxylation is 3. The van der Waals surface area contributed by atoms with Gasteiger partial charge in [-0.15, -0.1) is 24.0 Å². The van der Waals surface area contributed by atoms with E-state index in [4.69, 9.17) is 5.73 Å². The summed E-state index contributed by atoms with van der Waals surface area (Å²) in [5.41, 5.74) is 12.9. The number of aromatic hydroxyl groups is 1. The fourth-order valence-electron chi connectivity index (χ4n) is 3.24. The zero-order chi connectivity index (χ0) is 17.1. The van der Waals surface area contributed by atoms with E-state index in [1.807, 2.05) is 12.1 Å². The molecule has 1 aliphatic rings. The van der Waals surface area contributed by atoms with Gasteiger partial charge in [0.2, 0.25) is 0 Å². The standard InChI is InChI=1S/C20H25N3O.HI/c1-13-7-9-16(11-14(13)2)23-20(21)22-12-18-17-6-4-3-5-15(17)8-10-19(18)24;/h7-11,24H,3-6,12H2,1-2H3,(H3,21,22,23);1H. The second-order valence-corrected chi connectivity index (χ2v) is 6.53. The number of rotatable bonds is 3. The first-order chi connectivity index (χ1) is 11.5. The summed E-state index contributed by atoms with van der Waals surface area (Å²) < 4.78 is 0. The van der Waals surface area contributed by atoms with Crippen LogP contribution in [-0.4, -0.2) is 11.1 Å². The van der Waals surface area contributed by atoms with Gasteiger partial charge in [-0.1, -0.05) is 12.1 Å². The van der Waals surface area contributed by atoms with Crippen molar-refractivity contribution < 1.29 is 5.11 Å². The predicted octanol–water partition coefficient (Wildman–Crippen LogP) is 4.43. The Balaban J connectivity index is 0.00000225. The predicted molar refractivity (Wildman–Crippen MR) is 115 cm³/mol. The van der Waals surface area contributed by atoms with Gasteiger partial charge in [0.25, 0.3) is 0 Å². The van der Waals surface area contributed by atoms with Crippen LogP contribution in [-0.2, 0) is 19.4 Å². The molecule has 0 aliphatic heterocycles. The lowest BCUT2D eigenvalue weighted by Crippen LogP contribution is -2.22. The highest BCUT2D eigenvalue weighted by Gasteiger charge is 2.16.